The quantitative estimate of drug-likeness (QED) is 0.653. The lowest BCUT2D eigenvalue weighted by atomic mass is 9.88. The van der Waals surface area contributed by atoms with Gasteiger partial charge in [0.2, 0.25) is 5.91 Å². The van der Waals surface area contributed by atoms with E-state index in [-0.39, 0.29) is 5.91 Å². The van der Waals surface area contributed by atoms with Crippen molar-refractivity contribution in [2.75, 3.05) is 6.54 Å². The highest BCUT2D eigenvalue weighted by atomic mass is 32.1. The predicted octanol–water partition coefficient (Wildman–Crippen LogP) is 2.39. The number of rotatable bonds is 9. The van der Waals surface area contributed by atoms with E-state index < -0.39 is 12.0 Å². The molecule has 0 spiro atoms. The highest BCUT2D eigenvalue weighted by Gasteiger charge is 2.23. The van der Waals surface area contributed by atoms with Crippen LogP contribution in [-0.2, 0) is 9.59 Å². The average molecular weight is 312 g/mol. The molecule has 2 unspecified atom stereocenters. The third kappa shape index (κ3) is 5.85. The maximum Gasteiger partial charge on any atom is 0.331 e. The lowest BCUT2D eigenvalue weighted by Crippen LogP contribution is -2.33. The van der Waals surface area contributed by atoms with Gasteiger partial charge in [0.1, 0.15) is 0 Å². The zero-order valence-electron chi connectivity index (χ0n) is 12.5. The van der Waals surface area contributed by atoms with Crippen LogP contribution in [0.25, 0.3) is 0 Å². The van der Waals surface area contributed by atoms with Gasteiger partial charge in [-0.1, -0.05) is 19.9 Å². The molecule has 118 valence electrons. The summed E-state index contributed by atoms with van der Waals surface area (Å²) in [6.45, 7) is 4.84. The summed E-state index contributed by atoms with van der Waals surface area (Å²) < 4.78 is 0. The van der Waals surface area contributed by atoms with E-state index in [0.29, 0.717) is 29.7 Å². The first kappa shape index (κ1) is 17.7. The molecule has 1 aromatic rings. The first-order valence-corrected chi connectivity index (χ1v) is 8.09. The van der Waals surface area contributed by atoms with Crippen LogP contribution in [0, 0.1) is 11.8 Å². The molecular weight excluding hydrogens is 288 g/mol. The molecule has 1 rings (SSSR count). The third-order valence-corrected chi connectivity index (χ3v) is 4.54. The predicted molar refractivity (Wildman–Crippen MR) is 84.1 cm³/mol. The molecular formula is C15H24N2O3S. The minimum atomic E-state index is -1.03. The van der Waals surface area contributed by atoms with Gasteiger partial charge in [0.15, 0.2) is 6.04 Å². The Morgan fingerprint density at radius 1 is 1.38 bits per heavy atom. The number of hydrogen-bond acceptors (Lipinski definition) is 4. The minimum Gasteiger partial charge on any atom is -0.479 e. The molecule has 1 amide bonds. The zero-order valence-corrected chi connectivity index (χ0v) is 13.4. The van der Waals surface area contributed by atoms with Crippen LogP contribution in [-0.4, -0.2) is 23.5 Å². The Kier molecular flexibility index (Phi) is 7.39. The Balaban J connectivity index is 2.53. The molecule has 0 fully saturated rings. The van der Waals surface area contributed by atoms with Gasteiger partial charge in [-0.2, -0.15) is 0 Å². The molecule has 1 heterocycles. The first-order chi connectivity index (χ1) is 9.95. The normalized spacial score (nSPS) is 13.9. The van der Waals surface area contributed by atoms with Gasteiger partial charge in [-0.15, -0.1) is 11.3 Å². The highest BCUT2D eigenvalue weighted by Crippen LogP contribution is 2.22. The largest absolute Gasteiger partial charge is 0.479 e. The number of carbonyl (C=O) groups is 2. The highest BCUT2D eigenvalue weighted by molar-refractivity contribution is 7.10. The van der Waals surface area contributed by atoms with Crippen LogP contribution >= 0.6 is 11.3 Å². The van der Waals surface area contributed by atoms with Crippen LogP contribution in [0.3, 0.4) is 0 Å². The molecule has 1 aromatic heterocycles. The molecule has 0 saturated carbocycles. The van der Waals surface area contributed by atoms with E-state index in [1.165, 1.54) is 11.3 Å². The molecule has 4 N–H and O–H groups in total. The monoisotopic (exact) mass is 312 g/mol. The molecule has 0 radical (unpaired) electrons. The van der Waals surface area contributed by atoms with Crippen LogP contribution in [0.1, 0.15) is 44.0 Å². The van der Waals surface area contributed by atoms with Gasteiger partial charge in [0.25, 0.3) is 0 Å². The van der Waals surface area contributed by atoms with Gasteiger partial charge >= 0.3 is 5.97 Å². The van der Waals surface area contributed by atoms with E-state index >= 15 is 0 Å². The second kappa shape index (κ2) is 8.79. The number of carboxylic acid groups (broad SMARTS) is 1. The van der Waals surface area contributed by atoms with Crippen molar-refractivity contribution < 1.29 is 14.7 Å². The molecule has 5 nitrogen and oxygen atoms in total. The van der Waals surface area contributed by atoms with Crippen LogP contribution in [0.5, 0.6) is 0 Å². The number of thiophene rings is 1. The summed E-state index contributed by atoms with van der Waals surface area (Å²) in [5.74, 6) is -0.397. The van der Waals surface area contributed by atoms with Crippen molar-refractivity contribution in [3.8, 4) is 0 Å². The van der Waals surface area contributed by atoms with Gasteiger partial charge in [-0.3, -0.25) is 4.79 Å². The Labute approximate surface area is 129 Å². The maximum atomic E-state index is 12.0. The van der Waals surface area contributed by atoms with Crippen LogP contribution in [0.15, 0.2) is 17.5 Å². The molecule has 0 aliphatic rings. The summed E-state index contributed by atoms with van der Waals surface area (Å²) >= 11 is 1.33. The second-order valence-electron chi connectivity index (χ2n) is 5.47. The standard InChI is InChI=1S/C15H24N2O3S/c1-10(2)11(7-8-16)5-6-13(18)17-14(15(19)20)12-4-3-9-21-12/h3-4,9-11,14H,5-8,16H2,1-2H3,(H,17,18)(H,19,20). The summed E-state index contributed by atoms with van der Waals surface area (Å²) in [7, 11) is 0. The van der Waals surface area contributed by atoms with E-state index in [1.807, 2.05) is 0 Å². The SMILES string of the molecule is CC(C)C(CCN)CCC(=O)NC(C(=O)O)c1cccs1. The number of aliphatic carboxylic acids is 1. The fourth-order valence-electron chi connectivity index (χ4n) is 2.28. The Morgan fingerprint density at radius 3 is 2.57 bits per heavy atom. The van der Waals surface area contributed by atoms with Crippen molar-refractivity contribution in [3.05, 3.63) is 22.4 Å². The summed E-state index contributed by atoms with van der Waals surface area (Å²) in [5, 5.41) is 13.6. The molecule has 6 heteroatoms. The molecule has 0 saturated heterocycles. The molecule has 2 atom stereocenters. The van der Waals surface area contributed by atoms with Crippen molar-refractivity contribution in [3.63, 3.8) is 0 Å². The molecule has 21 heavy (non-hydrogen) atoms. The number of nitrogens with two attached hydrogens (primary N) is 1. The van der Waals surface area contributed by atoms with Crippen LogP contribution in [0.4, 0.5) is 0 Å². The van der Waals surface area contributed by atoms with E-state index in [9.17, 15) is 14.7 Å². The number of amides is 1. The Morgan fingerprint density at radius 2 is 2.10 bits per heavy atom. The smallest absolute Gasteiger partial charge is 0.331 e. The van der Waals surface area contributed by atoms with Crippen molar-refractivity contribution in [2.24, 2.45) is 17.6 Å². The van der Waals surface area contributed by atoms with E-state index in [1.54, 1.807) is 17.5 Å². The molecule has 0 aliphatic heterocycles. The second-order valence-corrected chi connectivity index (χ2v) is 6.45. The summed E-state index contributed by atoms with van der Waals surface area (Å²) in [4.78, 5) is 23.9. The van der Waals surface area contributed by atoms with Crippen molar-refractivity contribution >= 4 is 23.2 Å². The lowest BCUT2D eigenvalue weighted by molar-refractivity contribution is -0.142. The number of carbonyl (C=O) groups excluding carboxylic acids is 1. The minimum absolute atomic E-state index is 0.224. The zero-order chi connectivity index (χ0) is 15.8. The number of carboxylic acids is 1. The fraction of sp³-hybridized carbons (Fsp3) is 0.600. The van der Waals surface area contributed by atoms with Crippen molar-refractivity contribution in [1.82, 2.24) is 5.32 Å². The summed E-state index contributed by atoms with van der Waals surface area (Å²) in [6.07, 6.45) is 1.95. The Hall–Kier alpha value is -1.40. The Bertz CT molecular complexity index is 446. The summed E-state index contributed by atoms with van der Waals surface area (Å²) in [5.41, 5.74) is 5.58. The first-order valence-electron chi connectivity index (χ1n) is 7.21. The van der Waals surface area contributed by atoms with Crippen molar-refractivity contribution in [2.45, 2.75) is 39.2 Å². The van der Waals surface area contributed by atoms with E-state index in [4.69, 9.17) is 5.73 Å². The van der Waals surface area contributed by atoms with E-state index in [2.05, 4.69) is 19.2 Å². The van der Waals surface area contributed by atoms with Crippen LogP contribution < -0.4 is 11.1 Å². The lowest BCUT2D eigenvalue weighted by Gasteiger charge is -2.20. The maximum absolute atomic E-state index is 12.0. The third-order valence-electron chi connectivity index (χ3n) is 3.60. The van der Waals surface area contributed by atoms with Crippen LogP contribution in [0.2, 0.25) is 0 Å². The number of nitrogens with one attached hydrogen (secondary N) is 1. The van der Waals surface area contributed by atoms with Crippen molar-refractivity contribution in [1.29, 1.82) is 0 Å². The fourth-order valence-corrected chi connectivity index (χ4v) is 3.05. The van der Waals surface area contributed by atoms with Gasteiger partial charge in [-0.05, 0) is 42.7 Å². The number of hydrogen-bond donors (Lipinski definition) is 3. The van der Waals surface area contributed by atoms with Gasteiger partial charge < -0.3 is 16.2 Å². The van der Waals surface area contributed by atoms with E-state index in [0.717, 1.165) is 12.8 Å². The van der Waals surface area contributed by atoms with Gasteiger partial charge in [0.05, 0.1) is 0 Å². The molecule has 0 bridgehead atoms. The average Bonchev–Trinajstić information content (AvgIpc) is 2.93. The molecule has 0 aromatic carbocycles. The van der Waals surface area contributed by atoms with Gasteiger partial charge in [0, 0.05) is 11.3 Å². The topological polar surface area (TPSA) is 92.4 Å². The summed E-state index contributed by atoms with van der Waals surface area (Å²) in [6, 6.07) is 2.54. The van der Waals surface area contributed by atoms with Gasteiger partial charge in [-0.25, -0.2) is 4.79 Å². The molecule has 0 aliphatic carbocycles.